The van der Waals surface area contributed by atoms with Gasteiger partial charge in [0, 0.05) is 29.6 Å². The van der Waals surface area contributed by atoms with Crippen LogP contribution in [0.2, 0.25) is 5.02 Å². The Kier molecular flexibility index (Phi) is 6.75. The van der Waals surface area contributed by atoms with Crippen molar-refractivity contribution >= 4 is 17.5 Å². The fraction of sp³-hybridized carbons (Fsp3) is 0.409. The summed E-state index contributed by atoms with van der Waals surface area (Å²) in [6, 6.07) is 2.36. The minimum absolute atomic E-state index is 0.0325. The lowest BCUT2D eigenvalue weighted by Crippen LogP contribution is -2.59. The zero-order valence-corrected chi connectivity index (χ0v) is 19.8. The lowest BCUT2D eigenvalue weighted by atomic mass is 9.79. The van der Waals surface area contributed by atoms with Crippen molar-refractivity contribution in [3.05, 3.63) is 46.7 Å². The molecule has 2 unspecified atom stereocenters. The van der Waals surface area contributed by atoms with Gasteiger partial charge in [0.1, 0.15) is 11.6 Å². The summed E-state index contributed by atoms with van der Waals surface area (Å²) in [4.78, 5) is 17.8. The number of carbonyl (C=O) groups excluding carboxylic acids is 1. The highest BCUT2D eigenvalue weighted by atomic mass is 35.5. The zero-order chi connectivity index (χ0) is 26.4. The summed E-state index contributed by atoms with van der Waals surface area (Å²) >= 11 is 6.01. The second-order valence-electron chi connectivity index (χ2n) is 8.70. The van der Waals surface area contributed by atoms with E-state index in [0.29, 0.717) is 0 Å². The predicted octanol–water partition coefficient (Wildman–Crippen LogP) is 2.96. The summed E-state index contributed by atoms with van der Waals surface area (Å²) in [5.74, 6) is -6.05. The number of hydrogen-bond acceptors (Lipinski definition) is 7. The predicted molar refractivity (Wildman–Crippen MR) is 119 cm³/mol. The van der Waals surface area contributed by atoms with E-state index in [2.05, 4.69) is 25.7 Å². The highest BCUT2D eigenvalue weighted by Gasteiger charge is 2.53. The number of benzene rings is 1. The molecule has 1 fully saturated rings. The quantitative estimate of drug-likeness (QED) is 0.435. The lowest BCUT2D eigenvalue weighted by Gasteiger charge is -2.39. The van der Waals surface area contributed by atoms with Crippen LogP contribution in [0.1, 0.15) is 37.9 Å². The number of nitrogens with one attached hydrogen (secondary N) is 1. The van der Waals surface area contributed by atoms with Gasteiger partial charge in [0.15, 0.2) is 5.60 Å². The number of carbonyl (C=O) groups is 1. The van der Waals surface area contributed by atoms with Crippen LogP contribution in [0.15, 0.2) is 24.4 Å². The molecule has 9 nitrogen and oxygen atoms in total. The van der Waals surface area contributed by atoms with E-state index in [0.717, 1.165) is 16.9 Å². The first-order chi connectivity index (χ1) is 16.8. The Labute approximate surface area is 207 Å². The Bertz CT molecular complexity index is 1320. The van der Waals surface area contributed by atoms with Crippen LogP contribution in [-0.4, -0.2) is 58.9 Å². The first-order valence-electron chi connectivity index (χ1n) is 10.8. The van der Waals surface area contributed by atoms with E-state index in [1.54, 1.807) is 0 Å². The summed E-state index contributed by atoms with van der Waals surface area (Å²) < 4.78 is 56.9. The molecule has 192 valence electrons. The third-order valence-corrected chi connectivity index (χ3v) is 6.25. The average molecular weight is 529 g/mol. The maximum Gasteiger partial charge on any atom is 0.255 e. The van der Waals surface area contributed by atoms with Crippen LogP contribution < -0.4 is 5.32 Å². The molecule has 1 saturated carbocycles. The molecule has 0 saturated heterocycles. The molecule has 0 spiro atoms. The van der Waals surface area contributed by atoms with Gasteiger partial charge in [-0.2, -0.15) is 4.80 Å². The summed E-state index contributed by atoms with van der Waals surface area (Å²) in [6.45, 7) is 1.37. The van der Waals surface area contributed by atoms with Gasteiger partial charge in [0.05, 0.1) is 30.5 Å². The summed E-state index contributed by atoms with van der Waals surface area (Å²) in [6.07, 6.45) is -3.32. The van der Waals surface area contributed by atoms with Gasteiger partial charge in [-0.1, -0.05) is 11.6 Å². The van der Waals surface area contributed by atoms with Gasteiger partial charge in [-0.25, -0.2) is 17.6 Å². The smallest absolute Gasteiger partial charge is 0.255 e. The molecule has 0 bridgehead atoms. The second-order valence-corrected chi connectivity index (χ2v) is 9.14. The molecule has 14 heteroatoms. The minimum Gasteiger partial charge on any atom is -0.389 e. The zero-order valence-electron chi connectivity index (χ0n) is 19.0. The van der Waals surface area contributed by atoms with Gasteiger partial charge in [0.25, 0.3) is 11.8 Å². The number of rotatable bonds is 5. The minimum atomic E-state index is -3.21. The molecular weight excluding hydrogens is 508 g/mol. The van der Waals surface area contributed by atoms with Crippen molar-refractivity contribution in [1.82, 2.24) is 30.5 Å². The standard InChI is InChI=1S/C22H21ClF4N6O3/c1-10(29-20(35)22(36)4-3-21(26,27)8-16(22)34)18-15(25)5-11(9-28-18)13-6-12(23)7-14(24)17(13)19-30-32-33(2)31-19/h5-7,9-10,16,34,36H,3-4,8H2,1-2H3,(H,29,35)/t10-,16?,22?/m1/s1. The Morgan fingerprint density at radius 1 is 1.25 bits per heavy atom. The van der Waals surface area contributed by atoms with Gasteiger partial charge in [-0.05, 0) is 42.3 Å². The van der Waals surface area contributed by atoms with Gasteiger partial charge >= 0.3 is 0 Å². The Morgan fingerprint density at radius 3 is 2.58 bits per heavy atom. The highest BCUT2D eigenvalue weighted by molar-refractivity contribution is 6.31. The van der Waals surface area contributed by atoms with Crippen LogP contribution >= 0.6 is 11.6 Å². The van der Waals surface area contributed by atoms with E-state index >= 15 is 4.39 Å². The van der Waals surface area contributed by atoms with E-state index in [4.69, 9.17) is 11.6 Å². The molecule has 0 radical (unpaired) electrons. The number of aliphatic hydroxyl groups is 2. The molecule has 3 aromatic rings. The van der Waals surface area contributed by atoms with Crippen molar-refractivity contribution in [2.75, 3.05) is 0 Å². The van der Waals surface area contributed by atoms with Crippen LogP contribution in [0.4, 0.5) is 17.6 Å². The van der Waals surface area contributed by atoms with Gasteiger partial charge in [0.2, 0.25) is 5.82 Å². The summed E-state index contributed by atoms with van der Waals surface area (Å²) in [5, 5.41) is 34.3. The average Bonchev–Trinajstić information content (AvgIpc) is 3.21. The maximum atomic E-state index is 15.1. The molecule has 2 aromatic heterocycles. The normalized spacial score (nSPS) is 22.3. The van der Waals surface area contributed by atoms with E-state index in [1.807, 2.05) is 0 Å². The fourth-order valence-electron chi connectivity index (χ4n) is 4.08. The van der Waals surface area contributed by atoms with Crippen molar-refractivity contribution in [3.63, 3.8) is 0 Å². The Morgan fingerprint density at radius 2 is 1.97 bits per heavy atom. The van der Waals surface area contributed by atoms with Crippen molar-refractivity contribution in [2.24, 2.45) is 7.05 Å². The molecule has 0 aliphatic heterocycles. The number of nitrogens with zero attached hydrogens (tertiary/aromatic N) is 5. The first-order valence-corrected chi connectivity index (χ1v) is 11.2. The number of tetrazole rings is 1. The van der Waals surface area contributed by atoms with Crippen molar-refractivity contribution in [3.8, 4) is 22.5 Å². The Balaban J connectivity index is 1.61. The van der Waals surface area contributed by atoms with Crippen LogP contribution in [0.5, 0.6) is 0 Å². The van der Waals surface area contributed by atoms with Crippen LogP contribution in [0, 0.1) is 11.6 Å². The monoisotopic (exact) mass is 528 g/mol. The molecule has 3 atom stereocenters. The van der Waals surface area contributed by atoms with Crippen LogP contribution in [0.3, 0.4) is 0 Å². The molecule has 36 heavy (non-hydrogen) atoms. The number of pyridine rings is 1. The van der Waals surface area contributed by atoms with Crippen LogP contribution in [-0.2, 0) is 11.8 Å². The molecule has 2 heterocycles. The summed E-state index contributed by atoms with van der Waals surface area (Å²) in [7, 11) is 1.49. The number of amides is 1. The second kappa shape index (κ2) is 9.37. The largest absolute Gasteiger partial charge is 0.389 e. The Hall–Kier alpha value is -3.16. The molecule has 1 aliphatic carbocycles. The SMILES string of the molecule is C[C@@H](NC(=O)C1(O)CCC(F)(F)CC1O)c1ncc(-c2cc(Cl)cc(F)c2-c2nnn(C)n2)cc1F. The highest BCUT2D eigenvalue weighted by Crippen LogP contribution is 2.39. The maximum absolute atomic E-state index is 15.1. The number of halogens is 5. The van der Waals surface area contributed by atoms with E-state index in [1.165, 1.54) is 26.2 Å². The first kappa shape index (κ1) is 25.9. The van der Waals surface area contributed by atoms with Gasteiger partial charge in [-0.3, -0.25) is 9.78 Å². The van der Waals surface area contributed by atoms with Gasteiger partial charge < -0.3 is 15.5 Å². The van der Waals surface area contributed by atoms with Gasteiger partial charge in [-0.15, -0.1) is 10.2 Å². The third-order valence-electron chi connectivity index (χ3n) is 6.03. The number of alkyl halides is 2. The topological polar surface area (TPSA) is 126 Å². The van der Waals surface area contributed by atoms with E-state index in [-0.39, 0.29) is 33.2 Å². The molecular formula is C22H21ClF4N6O3. The van der Waals surface area contributed by atoms with Crippen LogP contribution in [0.25, 0.3) is 22.5 Å². The van der Waals surface area contributed by atoms with Crippen molar-refractivity contribution < 1.29 is 32.6 Å². The molecule has 4 rings (SSSR count). The molecule has 3 N–H and O–H groups in total. The van der Waals surface area contributed by atoms with E-state index < -0.39 is 60.5 Å². The summed E-state index contributed by atoms with van der Waals surface area (Å²) in [5.41, 5.74) is -2.50. The molecule has 1 amide bonds. The number of aromatic nitrogens is 5. The van der Waals surface area contributed by atoms with Crippen molar-refractivity contribution in [1.29, 1.82) is 0 Å². The number of aliphatic hydroxyl groups excluding tert-OH is 1. The fourth-order valence-corrected chi connectivity index (χ4v) is 4.28. The molecule has 1 aromatic carbocycles. The number of hydrogen-bond donors (Lipinski definition) is 3. The third kappa shape index (κ3) is 4.90. The van der Waals surface area contributed by atoms with E-state index in [9.17, 15) is 28.2 Å². The molecule has 1 aliphatic rings. The van der Waals surface area contributed by atoms with Crippen molar-refractivity contribution in [2.45, 2.75) is 49.9 Å². The lowest BCUT2D eigenvalue weighted by molar-refractivity contribution is -0.184. The number of aryl methyl sites for hydroxylation is 1.